The molecule has 0 aliphatic carbocycles. The number of carbonyl (C=O) groups is 1. The van der Waals surface area contributed by atoms with Crippen LogP contribution in [0.3, 0.4) is 0 Å². The number of hydrogen-bond acceptors (Lipinski definition) is 3. The topological polar surface area (TPSA) is 58.6 Å². The van der Waals surface area contributed by atoms with Crippen LogP contribution in [-0.4, -0.2) is 16.8 Å². The Morgan fingerprint density at radius 1 is 1.26 bits per heavy atom. The van der Waals surface area contributed by atoms with Gasteiger partial charge in [-0.15, -0.1) is 0 Å². The summed E-state index contributed by atoms with van der Waals surface area (Å²) in [5, 5.41) is 12.1. The average Bonchev–Trinajstić information content (AvgIpc) is 2.16. The van der Waals surface area contributed by atoms with Crippen molar-refractivity contribution in [3.63, 3.8) is 0 Å². The molecule has 1 aromatic carbocycles. The third-order valence-corrected chi connectivity index (χ3v) is 2.31. The van der Waals surface area contributed by atoms with Gasteiger partial charge in [0.25, 0.3) is 0 Å². The SMILES string of the molecule is CC(C)(C)OC(=O)Nc1ccc(C(C)(C)O)cc1F. The van der Waals surface area contributed by atoms with Gasteiger partial charge in [-0.05, 0) is 52.3 Å². The molecule has 0 aliphatic heterocycles. The van der Waals surface area contributed by atoms with Crippen LogP contribution in [0.2, 0.25) is 0 Å². The van der Waals surface area contributed by atoms with E-state index in [1.807, 2.05) is 0 Å². The standard InChI is InChI=1S/C14H20FNO3/c1-13(2,3)19-12(17)16-11-7-6-9(8-10(11)15)14(4,5)18/h6-8,18H,1-5H3,(H,16,17). The molecule has 0 atom stereocenters. The van der Waals surface area contributed by atoms with Gasteiger partial charge in [-0.1, -0.05) is 6.07 Å². The Kier molecular flexibility index (Phi) is 4.20. The largest absolute Gasteiger partial charge is 0.444 e. The van der Waals surface area contributed by atoms with Crippen LogP contribution < -0.4 is 5.32 Å². The molecule has 2 N–H and O–H groups in total. The van der Waals surface area contributed by atoms with Crippen molar-refractivity contribution in [3.8, 4) is 0 Å². The molecular weight excluding hydrogens is 249 g/mol. The molecule has 106 valence electrons. The molecule has 0 saturated heterocycles. The Balaban J connectivity index is 2.84. The number of anilines is 1. The predicted octanol–water partition coefficient (Wildman–Crippen LogP) is 3.40. The number of benzene rings is 1. The van der Waals surface area contributed by atoms with Gasteiger partial charge in [0.05, 0.1) is 11.3 Å². The second-order valence-electron chi connectivity index (χ2n) is 5.88. The molecule has 0 aromatic heterocycles. The first kappa shape index (κ1) is 15.4. The lowest BCUT2D eigenvalue weighted by atomic mass is 9.98. The lowest BCUT2D eigenvalue weighted by molar-refractivity contribution is 0.0635. The van der Waals surface area contributed by atoms with E-state index in [0.29, 0.717) is 5.56 Å². The van der Waals surface area contributed by atoms with Crippen LogP contribution in [0.1, 0.15) is 40.2 Å². The highest BCUT2D eigenvalue weighted by atomic mass is 19.1. The van der Waals surface area contributed by atoms with Crippen LogP contribution in [0.4, 0.5) is 14.9 Å². The van der Waals surface area contributed by atoms with E-state index < -0.39 is 23.1 Å². The van der Waals surface area contributed by atoms with Gasteiger partial charge < -0.3 is 9.84 Å². The second kappa shape index (κ2) is 5.17. The summed E-state index contributed by atoms with van der Waals surface area (Å²) in [6.45, 7) is 8.28. The molecule has 1 aromatic rings. The first-order chi connectivity index (χ1) is 8.49. The monoisotopic (exact) mass is 269 g/mol. The molecule has 4 nitrogen and oxygen atoms in total. The molecule has 0 radical (unpaired) electrons. The van der Waals surface area contributed by atoms with Crippen LogP contribution in [-0.2, 0) is 10.3 Å². The maximum absolute atomic E-state index is 13.8. The van der Waals surface area contributed by atoms with Crippen molar-refractivity contribution in [2.45, 2.75) is 45.8 Å². The van der Waals surface area contributed by atoms with E-state index in [1.165, 1.54) is 12.1 Å². The lowest BCUT2D eigenvalue weighted by Crippen LogP contribution is -2.27. The molecule has 1 rings (SSSR count). The minimum absolute atomic E-state index is 0.0160. The molecule has 0 unspecified atom stereocenters. The van der Waals surface area contributed by atoms with Gasteiger partial charge in [0, 0.05) is 0 Å². The zero-order valence-electron chi connectivity index (χ0n) is 11.9. The minimum atomic E-state index is -1.13. The van der Waals surface area contributed by atoms with Crippen molar-refractivity contribution in [1.82, 2.24) is 0 Å². The van der Waals surface area contributed by atoms with Gasteiger partial charge >= 0.3 is 6.09 Å². The number of ether oxygens (including phenoxy) is 1. The molecular formula is C14H20FNO3. The Morgan fingerprint density at radius 3 is 2.26 bits per heavy atom. The Hall–Kier alpha value is -1.62. The van der Waals surface area contributed by atoms with Crippen LogP contribution in [0.15, 0.2) is 18.2 Å². The number of halogens is 1. The highest BCUT2D eigenvalue weighted by Gasteiger charge is 2.20. The highest BCUT2D eigenvalue weighted by molar-refractivity contribution is 5.85. The van der Waals surface area contributed by atoms with Crippen molar-refractivity contribution in [2.75, 3.05) is 5.32 Å². The van der Waals surface area contributed by atoms with E-state index >= 15 is 0 Å². The van der Waals surface area contributed by atoms with Crippen LogP contribution >= 0.6 is 0 Å². The normalized spacial score (nSPS) is 12.2. The number of rotatable bonds is 2. The fraction of sp³-hybridized carbons (Fsp3) is 0.500. The first-order valence-corrected chi connectivity index (χ1v) is 6.01. The maximum atomic E-state index is 13.8. The van der Waals surface area contributed by atoms with E-state index in [4.69, 9.17) is 4.74 Å². The second-order valence-corrected chi connectivity index (χ2v) is 5.88. The van der Waals surface area contributed by atoms with E-state index in [0.717, 1.165) is 0 Å². The van der Waals surface area contributed by atoms with E-state index in [-0.39, 0.29) is 5.69 Å². The summed E-state index contributed by atoms with van der Waals surface area (Å²) in [6.07, 6.45) is -0.720. The zero-order valence-corrected chi connectivity index (χ0v) is 11.9. The third kappa shape index (κ3) is 4.87. The molecule has 0 spiro atoms. The lowest BCUT2D eigenvalue weighted by Gasteiger charge is -2.21. The minimum Gasteiger partial charge on any atom is -0.444 e. The van der Waals surface area contributed by atoms with Crippen molar-refractivity contribution in [3.05, 3.63) is 29.6 Å². The predicted molar refractivity (Wildman–Crippen MR) is 71.5 cm³/mol. The molecule has 0 saturated carbocycles. The summed E-state index contributed by atoms with van der Waals surface area (Å²) < 4.78 is 18.8. The molecule has 5 heteroatoms. The number of hydrogen-bond donors (Lipinski definition) is 2. The molecule has 0 heterocycles. The molecule has 1 amide bonds. The smallest absolute Gasteiger partial charge is 0.412 e. The van der Waals surface area contributed by atoms with Crippen molar-refractivity contribution >= 4 is 11.8 Å². The van der Waals surface area contributed by atoms with Crippen LogP contribution in [0, 0.1) is 5.82 Å². The van der Waals surface area contributed by atoms with Crippen molar-refractivity contribution < 1.29 is 19.0 Å². The average molecular weight is 269 g/mol. The Labute approximate surface area is 112 Å². The Bertz CT molecular complexity index is 473. The summed E-state index contributed by atoms with van der Waals surface area (Å²) in [5.74, 6) is -0.620. The molecule has 0 bridgehead atoms. The zero-order chi connectivity index (χ0) is 14.8. The quantitative estimate of drug-likeness (QED) is 0.865. The van der Waals surface area contributed by atoms with Gasteiger partial charge in [0.1, 0.15) is 11.4 Å². The van der Waals surface area contributed by atoms with Crippen molar-refractivity contribution in [2.24, 2.45) is 0 Å². The van der Waals surface area contributed by atoms with Gasteiger partial charge in [0.15, 0.2) is 0 Å². The number of carbonyl (C=O) groups excluding carboxylic acids is 1. The Morgan fingerprint density at radius 2 is 1.84 bits per heavy atom. The maximum Gasteiger partial charge on any atom is 0.412 e. The van der Waals surface area contributed by atoms with Gasteiger partial charge in [-0.3, -0.25) is 5.32 Å². The van der Waals surface area contributed by atoms with E-state index in [1.54, 1.807) is 40.7 Å². The van der Waals surface area contributed by atoms with Gasteiger partial charge in [0.2, 0.25) is 0 Å². The van der Waals surface area contributed by atoms with Crippen molar-refractivity contribution in [1.29, 1.82) is 0 Å². The third-order valence-electron chi connectivity index (χ3n) is 2.31. The fourth-order valence-electron chi connectivity index (χ4n) is 1.41. The van der Waals surface area contributed by atoms with Crippen LogP contribution in [0.5, 0.6) is 0 Å². The van der Waals surface area contributed by atoms with E-state index in [2.05, 4.69) is 5.32 Å². The fourth-order valence-corrected chi connectivity index (χ4v) is 1.41. The highest BCUT2D eigenvalue weighted by Crippen LogP contribution is 2.24. The summed E-state index contributed by atoms with van der Waals surface area (Å²) in [6, 6.07) is 4.13. The van der Waals surface area contributed by atoms with Gasteiger partial charge in [-0.25, -0.2) is 9.18 Å². The summed E-state index contributed by atoms with van der Waals surface area (Å²) >= 11 is 0. The number of nitrogens with one attached hydrogen (secondary N) is 1. The van der Waals surface area contributed by atoms with Gasteiger partial charge in [-0.2, -0.15) is 0 Å². The molecule has 0 fully saturated rings. The molecule has 19 heavy (non-hydrogen) atoms. The van der Waals surface area contributed by atoms with Crippen LogP contribution in [0.25, 0.3) is 0 Å². The summed E-state index contributed by atoms with van der Waals surface area (Å²) in [4.78, 5) is 11.5. The van der Waals surface area contributed by atoms with E-state index in [9.17, 15) is 14.3 Å². The molecule has 0 aliphatic rings. The number of amides is 1. The number of aliphatic hydroxyl groups is 1. The first-order valence-electron chi connectivity index (χ1n) is 6.01. The summed E-state index contributed by atoms with van der Waals surface area (Å²) in [5.41, 5.74) is -1.33. The summed E-state index contributed by atoms with van der Waals surface area (Å²) in [7, 11) is 0.